The van der Waals surface area contributed by atoms with Crippen LogP contribution >= 0.6 is 22.7 Å². The molecule has 2 atom stereocenters. The predicted molar refractivity (Wildman–Crippen MR) is 208 cm³/mol. The van der Waals surface area contributed by atoms with Gasteiger partial charge in [0.1, 0.15) is 17.6 Å². The van der Waals surface area contributed by atoms with Crippen LogP contribution in [0, 0.1) is 0 Å². The summed E-state index contributed by atoms with van der Waals surface area (Å²) in [7, 11) is 2.14. The average molecular weight is 766 g/mol. The first-order valence-electron chi connectivity index (χ1n) is 17.8. The number of carbonyl (C=O) groups excluding carboxylic acids is 1. The number of aromatic amines is 1. The molecule has 0 aliphatic heterocycles. The second-order valence-electron chi connectivity index (χ2n) is 13.6. The van der Waals surface area contributed by atoms with Gasteiger partial charge < -0.3 is 40.0 Å². The number of esters is 1. The number of rotatable bonds is 16. The lowest BCUT2D eigenvalue weighted by atomic mass is 9.91. The third-order valence-corrected chi connectivity index (χ3v) is 11.9. The standard InChI is InChI=1S/C40H47N3O7S2.FH/c1-26(41-25-34(45)31-16-18-33(44)38-32(31)17-19-37(46)42-38)24-27-8-12-29(13-9-27)49-21-5-20-43(2)28-10-14-30(15-11-28)50-39(47)40(48,35-6-3-22-51-35)36-7-4-23-52-36;/h3-4,6-9,12-13,16-19,22-23,26,28,30,34,41,44-45,48H,5,10-11,14-15,20-21,24-25H2,1-2H3,(H,42,46);1H/t26?,28?,30?,34-;/m0./s1. The van der Waals surface area contributed by atoms with E-state index in [1.807, 2.05) is 35.0 Å². The van der Waals surface area contributed by atoms with Gasteiger partial charge in [-0.15, -0.1) is 22.7 Å². The van der Waals surface area contributed by atoms with E-state index in [1.165, 1.54) is 34.8 Å². The minimum atomic E-state index is -1.77. The molecule has 10 nitrogen and oxygen atoms in total. The summed E-state index contributed by atoms with van der Waals surface area (Å²) in [6.45, 7) is 3.89. The number of fused-ring (bicyclic) bond motifs is 1. The van der Waals surface area contributed by atoms with Crippen molar-refractivity contribution in [2.45, 2.75) is 75.3 Å². The highest BCUT2D eigenvalue weighted by Crippen LogP contribution is 2.38. The Morgan fingerprint density at radius 3 is 2.32 bits per heavy atom. The first-order chi connectivity index (χ1) is 25.1. The van der Waals surface area contributed by atoms with Gasteiger partial charge in [-0.1, -0.05) is 30.3 Å². The molecule has 13 heteroatoms. The van der Waals surface area contributed by atoms with Crippen LogP contribution in [0.25, 0.3) is 10.9 Å². The molecule has 2 aromatic carbocycles. The number of aliphatic hydroxyl groups excluding tert-OH is 1. The molecule has 6 rings (SSSR count). The van der Waals surface area contributed by atoms with Gasteiger partial charge in [-0.25, -0.2) is 4.79 Å². The number of aliphatic hydroxyl groups is 2. The van der Waals surface area contributed by atoms with E-state index in [2.05, 4.69) is 41.3 Å². The highest BCUT2D eigenvalue weighted by molar-refractivity contribution is 7.12. The highest BCUT2D eigenvalue weighted by Gasteiger charge is 2.45. The van der Waals surface area contributed by atoms with E-state index in [0.29, 0.717) is 45.4 Å². The number of hydrogen-bond donors (Lipinski definition) is 5. The van der Waals surface area contributed by atoms with Crippen LogP contribution in [0.2, 0.25) is 0 Å². The maximum atomic E-state index is 13.3. The second-order valence-corrected chi connectivity index (χ2v) is 15.5. The van der Waals surface area contributed by atoms with Gasteiger partial charge in [0.05, 0.1) is 28.0 Å². The summed E-state index contributed by atoms with van der Waals surface area (Å²) in [5.41, 5.74) is 0.0281. The zero-order chi connectivity index (χ0) is 36.7. The van der Waals surface area contributed by atoms with Crippen LogP contribution in [0.3, 0.4) is 0 Å². The Kier molecular flexibility index (Phi) is 13.8. The van der Waals surface area contributed by atoms with Crippen LogP contribution in [-0.4, -0.2) is 76.1 Å². The number of H-pyrrole nitrogens is 1. The van der Waals surface area contributed by atoms with Crippen LogP contribution < -0.4 is 15.6 Å². The molecule has 0 radical (unpaired) electrons. The molecule has 5 N–H and O–H groups in total. The quantitative estimate of drug-likeness (QED) is 0.0582. The average Bonchev–Trinajstić information content (AvgIpc) is 3.90. The normalized spacial score (nSPS) is 17.3. The molecule has 1 aliphatic carbocycles. The topological polar surface area (TPSA) is 144 Å². The maximum absolute atomic E-state index is 13.3. The molecule has 0 spiro atoms. The highest BCUT2D eigenvalue weighted by atomic mass is 32.1. The van der Waals surface area contributed by atoms with Gasteiger partial charge in [0.25, 0.3) is 0 Å². The van der Waals surface area contributed by atoms with Crippen LogP contribution in [0.4, 0.5) is 4.70 Å². The lowest BCUT2D eigenvalue weighted by molar-refractivity contribution is -0.169. The third-order valence-electron chi connectivity index (χ3n) is 9.91. The lowest BCUT2D eigenvalue weighted by Crippen LogP contribution is -2.42. The number of aromatic hydroxyl groups is 1. The largest absolute Gasteiger partial charge is 0.506 e. The Balaban J connectivity index is 0.00000541. The Bertz CT molecular complexity index is 1910. The number of phenolic OH excluding ortho intramolecular Hbond substituents is 1. The molecule has 1 unspecified atom stereocenters. The Labute approximate surface area is 316 Å². The summed E-state index contributed by atoms with van der Waals surface area (Å²) in [4.78, 5) is 31.2. The van der Waals surface area contributed by atoms with Gasteiger partial charge in [0.15, 0.2) is 0 Å². The summed E-state index contributed by atoms with van der Waals surface area (Å²) < 4.78 is 12.0. The number of phenols is 1. The Morgan fingerprint density at radius 2 is 1.68 bits per heavy atom. The van der Waals surface area contributed by atoms with Crippen LogP contribution in [0.5, 0.6) is 11.5 Å². The van der Waals surface area contributed by atoms with Gasteiger partial charge in [0, 0.05) is 36.6 Å². The summed E-state index contributed by atoms with van der Waals surface area (Å²) >= 11 is 2.71. The second kappa shape index (κ2) is 18.3. The number of ether oxygens (including phenoxy) is 2. The number of pyridine rings is 1. The molecular formula is C40H48FN3O7S2. The fraction of sp³-hybridized carbons (Fsp3) is 0.400. The number of nitrogens with zero attached hydrogens (tertiary/aromatic N) is 1. The summed E-state index contributed by atoms with van der Waals surface area (Å²) in [5, 5.41) is 40.3. The summed E-state index contributed by atoms with van der Waals surface area (Å²) in [6, 6.07) is 22.0. The van der Waals surface area contributed by atoms with Crippen molar-refractivity contribution in [3.8, 4) is 11.5 Å². The van der Waals surface area contributed by atoms with Gasteiger partial charge in [0.2, 0.25) is 11.2 Å². The number of benzene rings is 2. The van der Waals surface area contributed by atoms with E-state index in [1.54, 1.807) is 24.3 Å². The molecule has 3 heterocycles. The fourth-order valence-corrected chi connectivity index (χ4v) is 8.65. The summed E-state index contributed by atoms with van der Waals surface area (Å²) in [5.74, 6) is 0.201. The van der Waals surface area contributed by atoms with Crippen molar-refractivity contribution in [2.24, 2.45) is 0 Å². The van der Waals surface area contributed by atoms with Crippen molar-refractivity contribution in [3.05, 3.63) is 115 Å². The Hall–Kier alpha value is -4.11. The van der Waals surface area contributed by atoms with Crippen molar-refractivity contribution in [3.63, 3.8) is 0 Å². The van der Waals surface area contributed by atoms with Crippen LogP contribution in [-0.2, 0) is 21.6 Å². The number of thiophene rings is 2. The van der Waals surface area contributed by atoms with E-state index in [0.717, 1.165) is 56.4 Å². The number of hydrogen-bond acceptors (Lipinski definition) is 11. The van der Waals surface area contributed by atoms with Gasteiger partial charge in [-0.05, 0) is 111 Å². The molecule has 5 aromatic rings. The van der Waals surface area contributed by atoms with Crippen molar-refractivity contribution < 1.29 is 34.3 Å². The van der Waals surface area contributed by atoms with Gasteiger partial charge >= 0.3 is 5.97 Å². The van der Waals surface area contributed by atoms with E-state index in [9.17, 15) is 24.9 Å². The number of nitrogens with one attached hydrogen (secondary N) is 2. The summed E-state index contributed by atoms with van der Waals surface area (Å²) in [6.07, 6.45) is 4.02. The van der Waals surface area contributed by atoms with Crippen molar-refractivity contribution in [2.75, 3.05) is 26.7 Å². The maximum Gasteiger partial charge on any atom is 0.349 e. The lowest BCUT2D eigenvalue weighted by Gasteiger charge is -2.35. The van der Waals surface area contributed by atoms with E-state index in [-0.39, 0.29) is 28.2 Å². The number of aromatic nitrogens is 1. The molecule has 3 aromatic heterocycles. The molecule has 284 valence electrons. The third kappa shape index (κ3) is 9.71. The minimum absolute atomic E-state index is 0. The van der Waals surface area contributed by atoms with Crippen molar-refractivity contribution in [1.29, 1.82) is 0 Å². The Morgan fingerprint density at radius 1 is 1.00 bits per heavy atom. The number of carbonyl (C=O) groups is 1. The molecule has 1 aliphatic rings. The van der Waals surface area contributed by atoms with Crippen LogP contribution in [0.1, 0.15) is 66.0 Å². The first kappa shape index (κ1) is 40.1. The van der Waals surface area contributed by atoms with Gasteiger partial charge in [-0.3, -0.25) is 9.50 Å². The molecule has 1 saturated carbocycles. The SMILES string of the molecule is CC(Cc1ccc(OCCCN(C)C2CCC(OC(=O)C(O)(c3cccs3)c3cccs3)CC2)cc1)NC[C@H](O)c1ccc(O)c2[nH]c(=O)ccc12.F. The molecule has 1 fully saturated rings. The monoisotopic (exact) mass is 765 g/mol. The fourth-order valence-electron chi connectivity index (χ4n) is 6.94. The minimum Gasteiger partial charge on any atom is -0.506 e. The smallest absolute Gasteiger partial charge is 0.349 e. The predicted octanol–water partition coefficient (Wildman–Crippen LogP) is 6.25. The first-order valence-corrected chi connectivity index (χ1v) is 19.6. The van der Waals surface area contributed by atoms with E-state index >= 15 is 0 Å². The van der Waals surface area contributed by atoms with E-state index < -0.39 is 17.7 Å². The van der Waals surface area contributed by atoms with Gasteiger partial charge in [-0.2, -0.15) is 0 Å². The molecule has 0 saturated heterocycles. The molecular weight excluding hydrogens is 718 g/mol. The van der Waals surface area contributed by atoms with Crippen LogP contribution in [0.15, 0.2) is 88.4 Å². The zero-order valence-electron chi connectivity index (χ0n) is 29.9. The van der Waals surface area contributed by atoms with Crippen molar-refractivity contribution >= 4 is 39.5 Å². The van der Waals surface area contributed by atoms with E-state index in [4.69, 9.17) is 9.47 Å². The molecule has 53 heavy (non-hydrogen) atoms. The number of halogens is 1. The van der Waals surface area contributed by atoms with Crippen molar-refractivity contribution in [1.82, 2.24) is 15.2 Å². The zero-order valence-corrected chi connectivity index (χ0v) is 31.5. The molecule has 0 bridgehead atoms. The molecule has 0 amide bonds.